The molecule has 3 fully saturated rings. The van der Waals surface area contributed by atoms with Crippen molar-refractivity contribution in [3.8, 4) is 0 Å². The van der Waals surface area contributed by atoms with Crippen LogP contribution in [0.25, 0.3) is 0 Å². The summed E-state index contributed by atoms with van der Waals surface area (Å²) in [6.45, 7) is 2.43. The molecule has 0 radical (unpaired) electrons. The summed E-state index contributed by atoms with van der Waals surface area (Å²) in [6.07, 6.45) is 4.78. The number of piperidine rings is 2. The van der Waals surface area contributed by atoms with E-state index in [0.717, 1.165) is 6.42 Å². The minimum atomic E-state index is 0.319. The molecule has 1 amide bonds. The largest absolute Gasteiger partial charge is 0.351 e. The van der Waals surface area contributed by atoms with Gasteiger partial charge in [0.2, 0.25) is 5.91 Å². The Balaban J connectivity index is 1.91. The molecule has 0 aliphatic carbocycles. The van der Waals surface area contributed by atoms with E-state index in [0.29, 0.717) is 23.9 Å². The smallest absolute Gasteiger partial charge is 0.225 e. The Hall–Kier alpha value is -0.570. The summed E-state index contributed by atoms with van der Waals surface area (Å²) in [5, 5.41) is 3.15. The molecule has 72 valence electrons. The predicted molar refractivity (Wildman–Crippen MR) is 49.2 cm³/mol. The molecule has 3 aliphatic heterocycles. The van der Waals surface area contributed by atoms with Crippen molar-refractivity contribution in [1.82, 2.24) is 10.2 Å². The zero-order valence-corrected chi connectivity index (χ0v) is 7.83. The molecule has 1 N–H and O–H groups in total. The van der Waals surface area contributed by atoms with Crippen molar-refractivity contribution in [1.29, 1.82) is 0 Å². The summed E-state index contributed by atoms with van der Waals surface area (Å²) in [5.41, 5.74) is 0. The molecule has 0 aromatic heterocycles. The molecule has 3 rings (SSSR count). The van der Waals surface area contributed by atoms with Crippen molar-refractivity contribution in [3.63, 3.8) is 0 Å². The van der Waals surface area contributed by atoms with Crippen molar-refractivity contribution < 1.29 is 4.79 Å². The average Bonchev–Trinajstić information content (AvgIpc) is 2.47. The van der Waals surface area contributed by atoms with E-state index in [2.05, 4.69) is 10.2 Å². The van der Waals surface area contributed by atoms with Crippen LogP contribution >= 0.6 is 0 Å². The summed E-state index contributed by atoms with van der Waals surface area (Å²) < 4.78 is 0. The Morgan fingerprint density at radius 2 is 2.00 bits per heavy atom. The van der Waals surface area contributed by atoms with Crippen molar-refractivity contribution >= 4 is 5.91 Å². The van der Waals surface area contributed by atoms with Gasteiger partial charge in [0.05, 0.1) is 5.92 Å². The van der Waals surface area contributed by atoms with E-state index >= 15 is 0 Å². The van der Waals surface area contributed by atoms with Gasteiger partial charge in [0, 0.05) is 12.1 Å². The fraction of sp³-hybridized carbons (Fsp3) is 0.900. The number of nitrogens with one attached hydrogen (secondary N) is 1. The van der Waals surface area contributed by atoms with Gasteiger partial charge in [-0.25, -0.2) is 0 Å². The van der Waals surface area contributed by atoms with Crippen molar-refractivity contribution in [3.05, 3.63) is 0 Å². The van der Waals surface area contributed by atoms with Crippen LogP contribution in [0.3, 0.4) is 0 Å². The Morgan fingerprint density at radius 1 is 1.23 bits per heavy atom. The monoisotopic (exact) mass is 180 g/mol. The third-order valence-electron chi connectivity index (χ3n) is 3.83. The molecule has 3 heterocycles. The van der Waals surface area contributed by atoms with E-state index in [-0.39, 0.29) is 0 Å². The van der Waals surface area contributed by atoms with E-state index < -0.39 is 0 Å². The molecule has 0 saturated carbocycles. The zero-order valence-electron chi connectivity index (χ0n) is 7.83. The number of carbonyl (C=O) groups excluding carboxylic acids is 1. The summed E-state index contributed by atoms with van der Waals surface area (Å²) in [7, 11) is 0. The second-order valence-electron chi connectivity index (χ2n) is 4.53. The van der Waals surface area contributed by atoms with Crippen LogP contribution in [-0.2, 0) is 4.79 Å². The van der Waals surface area contributed by atoms with Gasteiger partial charge in [-0.1, -0.05) is 0 Å². The van der Waals surface area contributed by atoms with Crippen molar-refractivity contribution in [2.45, 2.75) is 37.8 Å². The maximum Gasteiger partial charge on any atom is 0.225 e. The topological polar surface area (TPSA) is 32.3 Å². The normalized spacial score (nSPS) is 44.3. The SMILES string of the molecule is O=C1N[C@H]2CCCN3CCC[C@@H]1[C@H]23. The summed E-state index contributed by atoms with van der Waals surface area (Å²) in [4.78, 5) is 14.1. The van der Waals surface area contributed by atoms with Crippen LogP contribution in [0.2, 0.25) is 0 Å². The molecular weight excluding hydrogens is 164 g/mol. The highest BCUT2D eigenvalue weighted by molar-refractivity contribution is 5.82. The fourth-order valence-corrected chi connectivity index (χ4v) is 3.30. The Labute approximate surface area is 78.5 Å². The lowest BCUT2D eigenvalue weighted by molar-refractivity contribution is -0.124. The lowest BCUT2D eigenvalue weighted by Gasteiger charge is -2.42. The molecule has 3 aliphatic rings. The zero-order chi connectivity index (χ0) is 8.84. The number of carbonyl (C=O) groups is 1. The summed E-state index contributed by atoms with van der Waals surface area (Å²) in [5.74, 6) is 0.639. The van der Waals surface area contributed by atoms with E-state index in [9.17, 15) is 4.79 Å². The summed E-state index contributed by atoms with van der Waals surface area (Å²) in [6, 6.07) is 1.03. The quantitative estimate of drug-likeness (QED) is 0.583. The molecule has 0 aromatic rings. The predicted octanol–water partition coefficient (Wildman–Crippen LogP) is 0.359. The van der Waals surface area contributed by atoms with E-state index in [4.69, 9.17) is 0 Å². The third-order valence-corrected chi connectivity index (χ3v) is 3.83. The number of nitrogens with zero attached hydrogens (tertiary/aromatic N) is 1. The number of amides is 1. The van der Waals surface area contributed by atoms with Crippen LogP contribution in [0.1, 0.15) is 25.7 Å². The highest BCUT2D eigenvalue weighted by Gasteiger charge is 2.48. The highest BCUT2D eigenvalue weighted by Crippen LogP contribution is 2.35. The molecule has 3 heteroatoms. The van der Waals surface area contributed by atoms with Gasteiger partial charge < -0.3 is 5.32 Å². The van der Waals surface area contributed by atoms with Crippen LogP contribution in [-0.4, -0.2) is 36.0 Å². The van der Waals surface area contributed by atoms with Crippen LogP contribution < -0.4 is 5.32 Å². The highest BCUT2D eigenvalue weighted by atomic mass is 16.2. The van der Waals surface area contributed by atoms with Crippen LogP contribution in [0.4, 0.5) is 0 Å². The molecule has 0 spiro atoms. The first kappa shape index (κ1) is 7.80. The van der Waals surface area contributed by atoms with E-state index in [1.807, 2.05) is 0 Å². The van der Waals surface area contributed by atoms with Crippen LogP contribution in [0, 0.1) is 5.92 Å². The van der Waals surface area contributed by atoms with Gasteiger partial charge in [-0.3, -0.25) is 9.69 Å². The first-order chi connectivity index (χ1) is 6.36. The van der Waals surface area contributed by atoms with E-state index in [1.54, 1.807) is 0 Å². The Morgan fingerprint density at radius 3 is 2.85 bits per heavy atom. The molecular formula is C10H16N2O. The molecule has 13 heavy (non-hydrogen) atoms. The van der Waals surface area contributed by atoms with E-state index in [1.165, 1.54) is 32.4 Å². The molecule has 3 atom stereocenters. The van der Waals surface area contributed by atoms with Gasteiger partial charge in [-0.05, 0) is 38.8 Å². The van der Waals surface area contributed by atoms with Crippen molar-refractivity contribution in [2.75, 3.05) is 13.1 Å². The number of hydrogen-bond donors (Lipinski definition) is 1. The van der Waals surface area contributed by atoms with Gasteiger partial charge >= 0.3 is 0 Å². The minimum Gasteiger partial charge on any atom is -0.351 e. The third kappa shape index (κ3) is 1.03. The van der Waals surface area contributed by atoms with Crippen LogP contribution in [0.5, 0.6) is 0 Å². The van der Waals surface area contributed by atoms with Crippen molar-refractivity contribution in [2.24, 2.45) is 5.92 Å². The molecule has 0 aromatic carbocycles. The second kappa shape index (κ2) is 2.71. The van der Waals surface area contributed by atoms with Gasteiger partial charge in [0.1, 0.15) is 0 Å². The number of hydrogen-bond acceptors (Lipinski definition) is 2. The lowest BCUT2D eigenvalue weighted by Crippen LogP contribution is -2.52. The summed E-state index contributed by atoms with van der Waals surface area (Å²) >= 11 is 0. The molecule has 0 unspecified atom stereocenters. The minimum absolute atomic E-state index is 0.319. The van der Waals surface area contributed by atoms with Gasteiger partial charge in [-0.2, -0.15) is 0 Å². The second-order valence-corrected chi connectivity index (χ2v) is 4.53. The maximum atomic E-state index is 11.6. The average molecular weight is 180 g/mol. The first-order valence-corrected chi connectivity index (χ1v) is 5.41. The van der Waals surface area contributed by atoms with Gasteiger partial charge in [0.15, 0.2) is 0 Å². The standard InChI is InChI=1S/C10H16N2O/c13-10-7-3-1-5-12-6-2-4-8(11-10)9(7)12/h7-9H,1-6H2,(H,11,13)/t7-,8+,9-/m1/s1. The lowest BCUT2D eigenvalue weighted by atomic mass is 9.84. The van der Waals surface area contributed by atoms with Gasteiger partial charge in [0.25, 0.3) is 0 Å². The fourth-order valence-electron chi connectivity index (χ4n) is 3.30. The maximum absolute atomic E-state index is 11.6. The molecule has 0 bridgehead atoms. The first-order valence-electron chi connectivity index (χ1n) is 5.41. The Kier molecular flexibility index (Phi) is 1.62. The molecule has 3 saturated heterocycles. The van der Waals surface area contributed by atoms with Gasteiger partial charge in [-0.15, -0.1) is 0 Å². The van der Waals surface area contributed by atoms with Crippen LogP contribution in [0.15, 0.2) is 0 Å². The molecule has 3 nitrogen and oxygen atoms in total. The Bertz CT molecular complexity index is 239. The number of rotatable bonds is 0.